The molecule has 3 aromatic rings. The van der Waals surface area contributed by atoms with Crippen LogP contribution in [0.3, 0.4) is 0 Å². The van der Waals surface area contributed by atoms with Gasteiger partial charge >= 0.3 is 5.97 Å². The Morgan fingerprint density at radius 2 is 2.05 bits per heavy atom. The number of thiophene rings is 1. The normalized spacial score (nSPS) is 11.0. The van der Waals surface area contributed by atoms with Gasteiger partial charge < -0.3 is 5.11 Å². The Hall–Kier alpha value is -2.54. The van der Waals surface area contributed by atoms with Crippen molar-refractivity contribution in [3.63, 3.8) is 0 Å². The lowest BCUT2D eigenvalue weighted by atomic mass is 10.0. The number of hydrogen-bond donors (Lipinski definition) is 1. The number of rotatable bonds is 3. The number of aryl methyl sites for hydroxylation is 1. The first kappa shape index (κ1) is 14.4. The molecular weight excluding hydrogens is 307 g/mol. The van der Waals surface area contributed by atoms with E-state index in [-0.39, 0.29) is 5.82 Å². The molecule has 1 N–H and O–H groups in total. The lowest BCUT2D eigenvalue weighted by Crippen LogP contribution is -2.24. The van der Waals surface area contributed by atoms with Crippen molar-refractivity contribution in [2.45, 2.75) is 13.5 Å². The largest absolute Gasteiger partial charge is 0.480 e. The maximum Gasteiger partial charge on any atom is 0.323 e. The molecule has 112 valence electrons. The van der Waals surface area contributed by atoms with E-state index in [1.165, 1.54) is 29.8 Å². The molecule has 5 nitrogen and oxygen atoms in total. The molecular formula is C15H11FN2O3S. The molecule has 22 heavy (non-hydrogen) atoms. The van der Waals surface area contributed by atoms with E-state index in [1.807, 2.05) is 6.92 Å². The van der Waals surface area contributed by atoms with Crippen LogP contribution >= 0.6 is 11.3 Å². The summed E-state index contributed by atoms with van der Waals surface area (Å²) in [7, 11) is 0. The number of benzene rings is 1. The first-order valence-corrected chi connectivity index (χ1v) is 7.25. The fourth-order valence-electron chi connectivity index (χ4n) is 2.36. The first-order chi connectivity index (χ1) is 10.5. The summed E-state index contributed by atoms with van der Waals surface area (Å²) in [6.45, 7) is 1.41. The van der Waals surface area contributed by atoms with Gasteiger partial charge in [-0.15, -0.1) is 11.3 Å². The Balaban J connectivity index is 2.29. The van der Waals surface area contributed by atoms with Crippen LogP contribution in [-0.4, -0.2) is 20.6 Å². The summed E-state index contributed by atoms with van der Waals surface area (Å²) in [6, 6.07) is 5.84. The van der Waals surface area contributed by atoms with Crippen LogP contribution in [0, 0.1) is 12.7 Å². The summed E-state index contributed by atoms with van der Waals surface area (Å²) in [6.07, 6.45) is 1.24. The number of aromatic nitrogens is 2. The standard InChI is InChI=1S/C15H11FN2O3S/c1-8-12(9-2-4-10(16)5-3-9)13-14(22-8)17-7-18(15(13)21)6-11(19)20/h2-5,7H,6H2,1H3,(H,19,20). The summed E-state index contributed by atoms with van der Waals surface area (Å²) in [4.78, 5) is 28.9. The number of hydrogen-bond acceptors (Lipinski definition) is 4. The summed E-state index contributed by atoms with van der Waals surface area (Å²) < 4.78 is 14.1. The smallest absolute Gasteiger partial charge is 0.323 e. The van der Waals surface area contributed by atoms with Crippen molar-refractivity contribution in [1.29, 1.82) is 0 Å². The van der Waals surface area contributed by atoms with Crippen LogP contribution in [-0.2, 0) is 11.3 Å². The topological polar surface area (TPSA) is 72.2 Å². The minimum absolute atomic E-state index is 0.359. The number of halogens is 1. The lowest BCUT2D eigenvalue weighted by molar-refractivity contribution is -0.137. The molecule has 0 aliphatic heterocycles. The van der Waals surface area contributed by atoms with Gasteiger partial charge in [-0.25, -0.2) is 9.37 Å². The monoisotopic (exact) mass is 318 g/mol. The van der Waals surface area contributed by atoms with Gasteiger partial charge in [-0.2, -0.15) is 0 Å². The van der Waals surface area contributed by atoms with E-state index in [0.29, 0.717) is 21.3 Å². The van der Waals surface area contributed by atoms with Crippen molar-refractivity contribution in [2.75, 3.05) is 0 Å². The van der Waals surface area contributed by atoms with Gasteiger partial charge in [0.15, 0.2) is 0 Å². The predicted molar refractivity (Wildman–Crippen MR) is 81.6 cm³/mol. The molecule has 0 atom stereocenters. The zero-order valence-electron chi connectivity index (χ0n) is 11.5. The van der Waals surface area contributed by atoms with Crippen molar-refractivity contribution in [3.8, 4) is 11.1 Å². The van der Waals surface area contributed by atoms with Crippen molar-refractivity contribution >= 4 is 27.5 Å². The van der Waals surface area contributed by atoms with E-state index in [9.17, 15) is 14.0 Å². The van der Waals surface area contributed by atoms with E-state index < -0.39 is 18.1 Å². The number of fused-ring (bicyclic) bond motifs is 1. The zero-order valence-corrected chi connectivity index (χ0v) is 12.4. The highest BCUT2D eigenvalue weighted by Gasteiger charge is 2.17. The van der Waals surface area contributed by atoms with Gasteiger partial charge in [0.25, 0.3) is 5.56 Å². The average Bonchev–Trinajstić information content (AvgIpc) is 2.80. The van der Waals surface area contributed by atoms with E-state index in [1.54, 1.807) is 12.1 Å². The Kier molecular flexibility index (Phi) is 3.50. The maximum absolute atomic E-state index is 13.1. The summed E-state index contributed by atoms with van der Waals surface area (Å²) in [5.74, 6) is -1.47. The number of carbonyl (C=O) groups is 1. The van der Waals surface area contributed by atoms with Gasteiger partial charge in [0.2, 0.25) is 0 Å². The quantitative estimate of drug-likeness (QED) is 0.806. The molecule has 1 aromatic carbocycles. The molecule has 0 saturated heterocycles. The molecule has 0 amide bonds. The lowest BCUT2D eigenvalue weighted by Gasteiger charge is -2.04. The predicted octanol–water partition coefficient (Wildman–Crippen LogP) is 2.66. The number of nitrogens with zero attached hydrogens (tertiary/aromatic N) is 2. The second-order valence-corrected chi connectivity index (χ2v) is 5.99. The van der Waals surface area contributed by atoms with E-state index in [2.05, 4.69) is 4.98 Å². The molecule has 0 aliphatic carbocycles. The van der Waals surface area contributed by atoms with E-state index >= 15 is 0 Å². The fraction of sp³-hybridized carbons (Fsp3) is 0.133. The highest BCUT2D eigenvalue weighted by atomic mass is 32.1. The zero-order chi connectivity index (χ0) is 15.9. The highest BCUT2D eigenvalue weighted by Crippen LogP contribution is 2.35. The van der Waals surface area contributed by atoms with Crippen LogP contribution in [0.4, 0.5) is 4.39 Å². The Morgan fingerprint density at radius 1 is 1.36 bits per heavy atom. The molecule has 0 unspecified atom stereocenters. The summed E-state index contributed by atoms with van der Waals surface area (Å²) in [5, 5.41) is 9.23. The molecule has 0 bridgehead atoms. The number of aliphatic carboxylic acids is 1. The molecule has 0 saturated carbocycles. The van der Waals surface area contributed by atoms with Gasteiger partial charge in [-0.1, -0.05) is 12.1 Å². The van der Waals surface area contributed by atoms with Gasteiger partial charge in [0, 0.05) is 10.4 Å². The molecule has 7 heteroatoms. The van der Waals surface area contributed by atoms with Gasteiger partial charge in [0.05, 0.1) is 11.7 Å². The van der Waals surface area contributed by atoms with Crippen LogP contribution in [0.25, 0.3) is 21.3 Å². The first-order valence-electron chi connectivity index (χ1n) is 6.43. The van der Waals surface area contributed by atoms with Gasteiger partial charge in [-0.3, -0.25) is 14.2 Å². The molecule has 0 radical (unpaired) electrons. The molecule has 2 aromatic heterocycles. The van der Waals surface area contributed by atoms with Crippen molar-refractivity contribution in [3.05, 3.63) is 51.6 Å². The third kappa shape index (κ3) is 2.39. The fourth-order valence-corrected chi connectivity index (χ4v) is 3.36. The second kappa shape index (κ2) is 5.34. The van der Waals surface area contributed by atoms with Crippen molar-refractivity contribution < 1.29 is 14.3 Å². The average molecular weight is 318 g/mol. The van der Waals surface area contributed by atoms with Crippen LogP contribution in [0.1, 0.15) is 4.88 Å². The number of carboxylic acids is 1. The Morgan fingerprint density at radius 3 is 2.68 bits per heavy atom. The van der Waals surface area contributed by atoms with Crippen LogP contribution in [0.2, 0.25) is 0 Å². The van der Waals surface area contributed by atoms with Crippen molar-refractivity contribution in [1.82, 2.24) is 9.55 Å². The SMILES string of the molecule is Cc1sc2ncn(CC(=O)O)c(=O)c2c1-c1ccc(F)cc1. The Labute approximate surface area is 128 Å². The molecule has 3 rings (SSSR count). The van der Waals surface area contributed by atoms with Gasteiger partial charge in [-0.05, 0) is 24.6 Å². The van der Waals surface area contributed by atoms with E-state index in [4.69, 9.17) is 5.11 Å². The van der Waals surface area contributed by atoms with Crippen molar-refractivity contribution in [2.24, 2.45) is 0 Å². The maximum atomic E-state index is 13.1. The minimum atomic E-state index is -1.11. The van der Waals surface area contributed by atoms with Crippen LogP contribution < -0.4 is 5.56 Å². The molecule has 0 aliphatic rings. The molecule has 0 spiro atoms. The minimum Gasteiger partial charge on any atom is -0.480 e. The van der Waals surface area contributed by atoms with Crippen LogP contribution in [0.15, 0.2) is 35.4 Å². The highest BCUT2D eigenvalue weighted by molar-refractivity contribution is 7.19. The van der Waals surface area contributed by atoms with Gasteiger partial charge in [0.1, 0.15) is 17.2 Å². The Bertz CT molecular complexity index is 928. The number of carboxylic acid groups (broad SMARTS) is 1. The second-order valence-electron chi connectivity index (χ2n) is 4.79. The third-order valence-electron chi connectivity index (χ3n) is 3.29. The van der Waals surface area contributed by atoms with Crippen LogP contribution in [0.5, 0.6) is 0 Å². The molecule has 2 heterocycles. The molecule has 0 fully saturated rings. The summed E-state index contributed by atoms with van der Waals surface area (Å²) >= 11 is 1.35. The third-order valence-corrected chi connectivity index (χ3v) is 4.31. The summed E-state index contributed by atoms with van der Waals surface area (Å²) in [5.41, 5.74) is 0.977. The van der Waals surface area contributed by atoms with E-state index in [0.717, 1.165) is 9.44 Å².